The second-order valence-electron chi connectivity index (χ2n) is 8.76. The molecule has 0 bridgehead atoms. The standard InChI is InChI=1S/C18H31NO/c1-17-8-5-13(20)11-12(17)3-4-14-15(17)6-9-18(2)16(14)7-10-19-18/h12-16,19-20H,3-11H2,1-2H3/t12-,13-,14+,15-,16-,17-,18-/m0/s1. The van der Waals surface area contributed by atoms with Crippen molar-refractivity contribution in [2.45, 2.75) is 76.9 Å². The van der Waals surface area contributed by atoms with E-state index in [1.807, 2.05) is 0 Å². The second-order valence-corrected chi connectivity index (χ2v) is 8.76. The molecular weight excluding hydrogens is 246 g/mol. The van der Waals surface area contributed by atoms with E-state index in [9.17, 15) is 5.11 Å². The van der Waals surface area contributed by atoms with E-state index in [4.69, 9.17) is 0 Å². The van der Waals surface area contributed by atoms with Crippen molar-refractivity contribution < 1.29 is 5.11 Å². The Morgan fingerprint density at radius 1 is 0.950 bits per heavy atom. The minimum absolute atomic E-state index is 0.00775. The van der Waals surface area contributed by atoms with Gasteiger partial charge in [0.15, 0.2) is 0 Å². The van der Waals surface area contributed by atoms with E-state index in [-0.39, 0.29) is 6.10 Å². The average molecular weight is 277 g/mol. The topological polar surface area (TPSA) is 32.3 Å². The summed E-state index contributed by atoms with van der Waals surface area (Å²) in [6.07, 6.45) is 10.4. The molecule has 3 aliphatic carbocycles. The highest BCUT2D eigenvalue weighted by Crippen LogP contribution is 2.62. The number of aliphatic hydroxyl groups excluding tert-OH is 1. The number of hydrogen-bond donors (Lipinski definition) is 2. The van der Waals surface area contributed by atoms with E-state index in [1.165, 1.54) is 45.1 Å². The molecule has 2 heteroatoms. The maximum atomic E-state index is 10.0. The van der Waals surface area contributed by atoms with Crippen LogP contribution in [0.25, 0.3) is 0 Å². The quantitative estimate of drug-likeness (QED) is 0.712. The Kier molecular flexibility index (Phi) is 3.03. The Morgan fingerprint density at radius 3 is 2.65 bits per heavy atom. The van der Waals surface area contributed by atoms with Gasteiger partial charge in [-0.25, -0.2) is 0 Å². The fourth-order valence-electron chi connectivity index (χ4n) is 6.82. The molecule has 7 atom stereocenters. The molecule has 4 rings (SSSR count). The fourth-order valence-corrected chi connectivity index (χ4v) is 6.82. The number of hydrogen-bond acceptors (Lipinski definition) is 2. The SMILES string of the molecule is C[C@]12CC[C@H](O)C[C@@H]1CC[C@@H]1[C@@H]2CC[C@]2(C)NCC[C@@H]12. The lowest BCUT2D eigenvalue weighted by Crippen LogP contribution is -2.57. The highest BCUT2D eigenvalue weighted by atomic mass is 16.3. The smallest absolute Gasteiger partial charge is 0.0543 e. The van der Waals surface area contributed by atoms with Crippen LogP contribution in [0.5, 0.6) is 0 Å². The summed E-state index contributed by atoms with van der Waals surface area (Å²) < 4.78 is 0. The Hall–Kier alpha value is -0.0800. The summed E-state index contributed by atoms with van der Waals surface area (Å²) in [5.74, 6) is 3.61. The molecule has 1 aliphatic heterocycles. The molecule has 0 aromatic rings. The molecule has 114 valence electrons. The molecule has 3 saturated carbocycles. The van der Waals surface area contributed by atoms with Crippen molar-refractivity contribution in [2.75, 3.05) is 6.54 Å². The van der Waals surface area contributed by atoms with Gasteiger partial charge in [0.2, 0.25) is 0 Å². The summed E-state index contributed by atoms with van der Waals surface area (Å²) in [5.41, 5.74) is 0.977. The van der Waals surface area contributed by atoms with Gasteiger partial charge >= 0.3 is 0 Å². The molecule has 1 saturated heterocycles. The van der Waals surface area contributed by atoms with Crippen LogP contribution in [0, 0.1) is 29.1 Å². The second kappa shape index (κ2) is 4.46. The third-order valence-electron chi connectivity index (χ3n) is 8.01. The average Bonchev–Trinajstić information content (AvgIpc) is 2.81. The highest BCUT2D eigenvalue weighted by molar-refractivity contribution is 5.10. The van der Waals surface area contributed by atoms with Crippen LogP contribution in [-0.2, 0) is 0 Å². The molecule has 0 aromatic heterocycles. The van der Waals surface area contributed by atoms with E-state index in [0.717, 1.165) is 36.5 Å². The molecule has 2 nitrogen and oxygen atoms in total. The molecule has 4 fully saturated rings. The highest BCUT2D eigenvalue weighted by Gasteiger charge is 2.57. The largest absolute Gasteiger partial charge is 0.393 e. The Bertz CT molecular complexity index is 397. The Labute approximate surface area is 123 Å². The Balaban J connectivity index is 1.62. The van der Waals surface area contributed by atoms with Crippen LogP contribution in [0.2, 0.25) is 0 Å². The van der Waals surface area contributed by atoms with Gasteiger partial charge in [-0.2, -0.15) is 0 Å². The number of nitrogens with one attached hydrogen (secondary N) is 1. The van der Waals surface area contributed by atoms with Crippen LogP contribution in [0.1, 0.15) is 65.2 Å². The van der Waals surface area contributed by atoms with Gasteiger partial charge in [-0.05, 0) is 93.9 Å². The summed E-state index contributed by atoms with van der Waals surface area (Å²) in [4.78, 5) is 0. The van der Waals surface area contributed by atoms with Crippen molar-refractivity contribution in [2.24, 2.45) is 29.1 Å². The van der Waals surface area contributed by atoms with E-state index in [2.05, 4.69) is 19.2 Å². The van der Waals surface area contributed by atoms with Gasteiger partial charge in [0.1, 0.15) is 0 Å². The predicted octanol–water partition coefficient (Wildman–Crippen LogP) is 3.34. The van der Waals surface area contributed by atoms with Gasteiger partial charge < -0.3 is 10.4 Å². The first-order valence-corrected chi connectivity index (χ1v) is 8.96. The van der Waals surface area contributed by atoms with E-state index >= 15 is 0 Å². The summed E-state index contributed by atoms with van der Waals surface area (Å²) in [6, 6.07) is 0. The third kappa shape index (κ3) is 1.76. The summed E-state index contributed by atoms with van der Waals surface area (Å²) in [7, 11) is 0. The maximum Gasteiger partial charge on any atom is 0.0543 e. The zero-order valence-electron chi connectivity index (χ0n) is 13.2. The monoisotopic (exact) mass is 277 g/mol. The normalized spacial score (nSPS) is 58.6. The van der Waals surface area contributed by atoms with Gasteiger partial charge in [0.05, 0.1) is 6.10 Å². The molecule has 1 heterocycles. The zero-order valence-corrected chi connectivity index (χ0v) is 13.2. The molecule has 0 radical (unpaired) electrons. The first-order chi connectivity index (χ1) is 9.53. The molecule has 0 spiro atoms. The lowest BCUT2D eigenvalue weighted by Gasteiger charge is -2.60. The molecule has 4 aliphatic rings. The first-order valence-electron chi connectivity index (χ1n) is 8.96. The summed E-state index contributed by atoms with van der Waals surface area (Å²) in [5, 5.41) is 13.9. The van der Waals surface area contributed by atoms with E-state index in [0.29, 0.717) is 11.0 Å². The molecular formula is C18H31NO. The molecule has 0 aromatic carbocycles. The number of rotatable bonds is 0. The van der Waals surface area contributed by atoms with Crippen LogP contribution in [0.4, 0.5) is 0 Å². The van der Waals surface area contributed by atoms with Crippen molar-refractivity contribution in [1.82, 2.24) is 5.32 Å². The van der Waals surface area contributed by atoms with Crippen LogP contribution in [0.3, 0.4) is 0 Å². The van der Waals surface area contributed by atoms with Crippen molar-refractivity contribution in [3.8, 4) is 0 Å². The number of aliphatic hydroxyl groups is 1. The van der Waals surface area contributed by atoms with Gasteiger partial charge in [-0.1, -0.05) is 6.92 Å². The predicted molar refractivity (Wildman–Crippen MR) is 81.4 cm³/mol. The minimum atomic E-state index is -0.00775. The van der Waals surface area contributed by atoms with Gasteiger partial charge in [0.25, 0.3) is 0 Å². The Morgan fingerprint density at radius 2 is 1.80 bits per heavy atom. The first kappa shape index (κ1) is 13.6. The minimum Gasteiger partial charge on any atom is -0.393 e. The van der Waals surface area contributed by atoms with Crippen LogP contribution < -0.4 is 5.32 Å². The maximum absolute atomic E-state index is 10.0. The molecule has 20 heavy (non-hydrogen) atoms. The van der Waals surface area contributed by atoms with Crippen molar-refractivity contribution in [3.05, 3.63) is 0 Å². The van der Waals surface area contributed by atoms with Gasteiger partial charge in [0, 0.05) is 5.54 Å². The lowest BCUT2D eigenvalue weighted by atomic mass is 9.46. The van der Waals surface area contributed by atoms with Crippen LogP contribution >= 0.6 is 0 Å². The van der Waals surface area contributed by atoms with Gasteiger partial charge in [-0.3, -0.25) is 0 Å². The van der Waals surface area contributed by atoms with E-state index in [1.54, 1.807) is 0 Å². The third-order valence-corrected chi connectivity index (χ3v) is 8.01. The van der Waals surface area contributed by atoms with Gasteiger partial charge in [-0.15, -0.1) is 0 Å². The van der Waals surface area contributed by atoms with Crippen molar-refractivity contribution >= 4 is 0 Å². The summed E-state index contributed by atoms with van der Waals surface area (Å²) in [6.45, 7) is 6.30. The van der Waals surface area contributed by atoms with E-state index < -0.39 is 0 Å². The number of fused-ring (bicyclic) bond motifs is 5. The fraction of sp³-hybridized carbons (Fsp3) is 1.00. The molecule has 0 unspecified atom stereocenters. The molecule has 0 amide bonds. The van der Waals surface area contributed by atoms with Crippen molar-refractivity contribution in [3.63, 3.8) is 0 Å². The van der Waals surface area contributed by atoms with Crippen molar-refractivity contribution in [1.29, 1.82) is 0 Å². The molecule has 2 N–H and O–H groups in total. The van der Waals surface area contributed by atoms with Crippen LogP contribution in [-0.4, -0.2) is 23.3 Å². The zero-order chi connectivity index (χ0) is 14.0. The van der Waals surface area contributed by atoms with Crippen LogP contribution in [0.15, 0.2) is 0 Å². The lowest BCUT2D eigenvalue weighted by molar-refractivity contribution is -0.110. The summed E-state index contributed by atoms with van der Waals surface area (Å²) >= 11 is 0.